The van der Waals surface area contributed by atoms with E-state index in [9.17, 15) is 9.59 Å². The summed E-state index contributed by atoms with van der Waals surface area (Å²) < 4.78 is 11.0. The monoisotopic (exact) mass is 382 g/mol. The number of rotatable bonds is 8. The summed E-state index contributed by atoms with van der Waals surface area (Å²) in [7, 11) is 1.52. The molecule has 2 aromatic carbocycles. The zero-order valence-corrected chi connectivity index (χ0v) is 15.5. The van der Waals surface area contributed by atoms with Crippen LogP contribution >= 0.6 is 11.3 Å². The molecule has 0 aliphatic carbocycles. The number of aldehydes is 1. The highest BCUT2D eigenvalue weighted by molar-refractivity contribution is 7.09. The maximum Gasteiger partial charge on any atom is 0.231 e. The maximum absolute atomic E-state index is 12.1. The van der Waals surface area contributed by atoms with Crippen LogP contribution in [0.4, 0.5) is 5.69 Å². The molecule has 1 heterocycles. The minimum atomic E-state index is -0.117. The third-order valence-electron chi connectivity index (χ3n) is 3.67. The molecule has 0 unspecified atom stereocenters. The van der Waals surface area contributed by atoms with Crippen LogP contribution < -0.4 is 14.8 Å². The van der Waals surface area contributed by atoms with Gasteiger partial charge in [-0.05, 0) is 30.3 Å². The van der Waals surface area contributed by atoms with Gasteiger partial charge in [-0.15, -0.1) is 11.3 Å². The van der Waals surface area contributed by atoms with Crippen LogP contribution in [0.2, 0.25) is 0 Å². The topological polar surface area (TPSA) is 77.5 Å². The highest BCUT2D eigenvalue weighted by atomic mass is 32.1. The molecule has 3 rings (SSSR count). The third-order valence-corrected chi connectivity index (χ3v) is 4.57. The number of nitrogens with zero attached hydrogens (tertiary/aromatic N) is 1. The fourth-order valence-electron chi connectivity index (χ4n) is 2.39. The summed E-state index contributed by atoms with van der Waals surface area (Å²) >= 11 is 1.41. The fraction of sp³-hybridized carbons (Fsp3) is 0.150. The Morgan fingerprint density at radius 2 is 2.00 bits per heavy atom. The van der Waals surface area contributed by atoms with E-state index in [4.69, 9.17) is 9.47 Å². The number of amides is 1. The molecule has 0 aliphatic heterocycles. The lowest BCUT2D eigenvalue weighted by Gasteiger charge is -2.09. The first-order valence-corrected chi connectivity index (χ1v) is 9.10. The van der Waals surface area contributed by atoms with E-state index in [1.54, 1.807) is 18.2 Å². The van der Waals surface area contributed by atoms with Crippen molar-refractivity contribution in [2.75, 3.05) is 12.4 Å². The Balaban J connectivity index is 1.56. The Morgan fingerprint density at radius 1 is 1.19 bits per heavy atom. The normalized spacial score (nSPS) is 10.3. The quantitative estimate of drug-likeness (QED) is 0.601. The average Bonchev–Trinajstić information content (AvgIpc) is 3.14. The van der Waals surface area contributed by atoms with E-state index in [1.165, 1.54) is 18.4 Å². The van der Waals surface area contributed by atoms with Gasteiger partial charge in [0.05, 0.1) is 19.2 Å². The second-order valence-electron chi connectivity index (χ2n) is 5.64. The van der Waals surface area contributed by atoms with Crippen molar-refractivity contribution < 1.29 is 19.1 Å². The summed E-state index contributed by atoms with van der Waals surface area (Å²) in [5, 5.41) is 5.41. The summed E-state index contributed by atoms with van der Waals surface area (Å²) in [6.07, 6.45) is 0.955. The van der Waals surface area contributed by atoms with Crippen LogP contribution in [-0.2, 0) is 17.8 Å². The van der Waals surface area contributed by atoms with Gasteiger partial charge in [-0.1, -0.05) is 18.2 Å². The van der Waals surface area contributed by atoms with Gasteiger partial charge in [0, 0.05) is 16.6 Å². The number of carbonyl (C=O) groups is 2. The zero-order chi connectivity index (χ0) is 19.1. The Kier molecular flexibility index (Phi) is 6.17. The summed E-state index contributed by atoms with van der Waals surface area (Å²) in [4.78, 5) is 27.4. The van der Waals surface area contributed by atoms with Gasteiger partial charge in [-0.3, -0.25) is 9.59 Å². The van der Waals surface area contributed by atoms with Gasteiger partial charge in [0.2, 0.25) is 5.91 Å². The zero-order valence-electron chi connectivity index (χ0n) is 14.7. The number of para-hydroxylation sites is 1. The molecular weight excluding hydrogens is 364 g/mol. The number of methoxy groups -OCH3 is 1. The van der Waals surface area contributed by atoms with Crippen LogP contribution in [0.3, 0.4) is 0 Å². The molecule has 0 aliphatic rings. The Labute approximate surface area is 160 Å². The van der Waals surface area contributed by atoms with Gasteiger partial charge in [-0.25, -0.2) is 4.98 Å². The van der Waals surface area contributed by atoms with E-state index in [-0.39, 0.29) is 18.9 Å². The van der Waals surface area contributed by atoms with E-state index in [0.717, 1.165) is 17.7 Å². The number of aromatic nitrogens is 1. The second kappa shape index (κ2) is 8.95. The van der Waals surface area contributed by atoms with Gasteiger partial charge >= 0.3 is 0 Å². The molecule has 6 nitrogen and oxygen atoms in total. The van der Waals surface area contributed by atoms with Gasteiger partial charge < -0.3 is 14.8 Å². The minimum absolute atomic E-state index is 0.117. The number of thiazole rings is 1. The number of benzene rings is 2. The van der Waals surface area contributed by atoms with Crippen molar-refractivity contribution in [2.45, 2.75) is 13.0 Å². The van der Waals surface area contributed by atoms with Crippen molar-refractivity contribution >= 4 is 29.2 Å². The lowest BCUT2D eigenvalue weighted by molar-refractivity contribution is -0.115. The molecule has 0 bridgehead atoms. The van der Waals surface area contributed by atoms with Crippen molar-refractivity contribution in [2.24, 2.45) is 0 Å². The van der Waals surface area contributed by atoms with E-state index < -0.39 is 0 Å². The van der Waals surface area contributed by atoms with E-state index in [0.29, 0.717) is 22.1 Å². The average molecular weight is 382 g/mol. The molecule has 1 N–H and O–H groups in total. The Morgan fingerprint density at radius 3 is 2.74 bits per heavy atom. The van der Waals surface area contributed by atoms with Crippen LogP contribution in [0, 0.1) is 0 Å². The largest absolute Gasteiger partial charge is 0.493 e. The van der Waals surface area contributed by atoms with Gasteiger partial charge in [0.25, 0.3) is 0 Å². The lowest BCUT2D eigenvalue weighted by Crippen LogP contribution is -2.14. The van der Waals surface area contributed by atoms with E-state index in [2.05, 4.69) is 10.3 Å². The Hall–Kier alpha value is -3.19. The molecule has 138 valence electrons. The smallest absolute Gasteiger partial charge is 0.231 e. The van der Waals surface area contributed by atoms with Gasteiger partial charge in [-0.2, -0.15) is 0 Å². The van der Waals surface area contributed by atoms with Crippen molar-refractivity contribution in [1.29, 1.82) is 0 Å². The predicted molar refractivity (Wildman–Crippen MR) is 104 cm³/mol. The summed E-state index contributed by atoms with van der Waals surface area (Å²) in [5.74, 6) is 0.894. The number of hydrogen-bond donors (Lipinski definition) is 1. The summed E-state index contributed by atoms with van der Waals surface area (Å²) in [6, 6.07) is 14.3. The Bertz CT molecular complexity index is 925. The number of carbonyl (C=O) groups excluding carboxylic acids is 2. The number of nitrogens with one attached hydrogen (secondary N) is 1. The lowest BCUT2D eigenvalue weighted by atomic mass is 10.2. The fourth-order valence-corrected chi connectivity index (χ4v) is 3.17. The summed E-state index contributed by atoms with van der Waals surface area (Å²) in [6.45, 7) is 0.244. The van der Waals surface area contributed by atoms with Crippen LogP contribution in [0.5, 0.6) is 11.5 Å². The standard InChI is InChI=1S/C20H18N2O4S/c1-25-18-9-14(11-23)7-8-17(18)26-12-16-13-27-20(22-16)10-19(24)21-15-5-3-2-4-6-15/h2-9,11,13H,10,12H2,1H3,(H,21,24). The van der Waals surface area contributed by atoms with Crippen molar-refractivity contribution in [3.05, 3.63) is 70.2 Å². The van der Waals surface area contributed by atoms with Crippen LogP contribution in [-0.4, -0.2) is 24.3 Å². The first kappa shape index (κ1) is 18.6. The predicted octanol–water partition coefficient (Wildman–Crippen LogP) is 3.72. The summed E-state index contributed by atoms with van der Waals surface area (Å²) in [5.41, 5.74) is 2.00. The maximum atomic E-state index is 12.1. The second-order valence-corrected chi connectivity index (χ2v) is 6.58. The van der Waals surface area contributed by atoms with Crippen molar-refractivity contribution in [3.8, 4) is 11.5 Å². The van der Waals surface area contributed by atoms with Crippen molar-refractivity contribution in [1.82, 2.24) is 4.98 Å². The molecule has 0 radical (unpaired) electrons. The molecule has 0 fully saturated rings. The molecule has 0 saturated heterocycles. The van der Waals surface area contributed by atoms with Crippen molar-refractivity contribution in [3.63, 3.8) is 0 Å². The highest BCUT2D eigenvalue weighted by Crippen LogP contribution is 2.28. The molecule has 3 aromatic rings. The molecular formula is C20H18N2O4S. The molecule has 1 aromatic heterocycles. The van der Waals surface area contributed by atoms with Crippen LogP contribution in [0.15, 0.2) is 53.9 Å². The molecule has 0 spiro atoms. The molecule has 27 heavy (non-hydrogen) atoms. The molecule has 7 heteroatoms. The third kappa shape index (κ3) is 5.15. The van der Waals surface area contributed by atoms with E-state index in [1.807, 2.05) is 35.7 Å². The first-order valence-electron chi connectivity index (χ1n) is 8.22. The number of ether oxygens (including phenoxy) is 2. The molecule has 1 amide bonds. The van der Waals surface area contributed by atoms with Crippen LogP contribution in [0.25, 0.3) is 0 Å². The van der Waals surface area contributed by atoms with Gasteiger partial charge in [0.15, 0.2) is 11.5 Å². The van der Waals surface area contributed by atoms with E-state index >= 15 is 0 Å². The minimum Gasteiger partial charge on any atom is -0.493 e. The molecule has 0 saturated carbocycles. The SMILES string of the molecule is COc1cc(C=O)ccc1OCc1csc(CC(=O)Nc2ccccc2)n1. The first-order chi connectivity index (χ1) is 13.2. The highest BCUT2D eigenvalue weighted by Gasteiger charge is 2.10. The molecule has 0 atom stereocenters. The van der Waals surface area contributed by atoms with Crippen LogP contribution in [0.1, 0.15) is 21.1 Å². The number of anilines is 1. The van der Waals surface area contributed by atoms with Gasteiger partial charge in [0.1, 0.15) is 17.9 Å². The number of hydrogen-bond acceptors (Lipinski definition) is 6.